The molecule has 30 heavy (non-hydrogen) atoms. The maximum Gasteiger partial charge on any atom is 0.229 e. The number of carbonyl (C=O) groups excluding carboxylic acids is 2. The number of likely N-dealkylation sites (N-methyl/N-ethyl adjacent to an activating group) is 1. The van der Waals surface area contributed by atoms with Crippen LogP contribution in [0.4, 0.5) is 11.4 Å². The molecule has 2 saturated heterocycles. The van der Waals surface area contributed by atoms with E-state index in [1.165, 1.54) is 5.56 Å². The lowest BCUT2D eigenvalue weighted by molar-refractivity contribution is -0.122. The van der Waals surface area contributed by atoms with Crippen molar-refractivity contribution in [3.8, 4) is 0 Å². The fourth-order valence-electron chi connectivity index (χ4n) is 4.06. The molecule has 0 aromatic heterocycles. The van der Waals surface area contributed by atoms with Crippen LogP contribution in [0.5, 0.6) is 0 Å². The molecule has 1 atom stereocenters. The monoisotopic (exact) mass is 406 g/mol. The summed E-state index contributed by atoms with van der Waals surface area (Å²) < 4.78 is 0. The summed E-state index contributed by atoms with van der Waals surface area (Å²) in [6.45, 7) is 7.76. The van der Waals surface area contributed by atoms with Gasteiger partial charge in [0.2, 0.25) is 11.8 Å². The van der Waals surface area contributed by atoms with E-state index in [-0.39, 0.29) is 24.2 Å². The van der Waals surface area contributed by atoms with Gasteiger partial charge in [-0.2, -0.15) is 0 Å². The first-order valence-corrected chi connectivity index (χ1v) is 10.7. The third-order valence-electron chi connectivity index (χ3n) is 6.07. The minimum atomic E-state index is -0.330. The predicted octanol–water partition coefficient (Wildman–Crippen LogP) is 2.73. The van der Waals surface area contributed by atoms with Gasteiger partial charge >= 0.3 is 0 Å². The molecule has 158 valence electrons. The van der Waals surface area contributed by atoms with E-state index in [2.05, 4.69) is 34.3 Å². The normalized spacial score (nSPS) is 20.5. The first kappa shape index (κ1) is 20.6. The van der Waals surface area contributed by atoms with Crippen LogP contribution >= 0.6 is 0 Å². The summed E-state index contributed by atoms with van der Waals surface area (Å²) in [5, 5.41) is 2.98. The van der Waals surface area contributed by atoms with Gasteiger partial charge in [-0.3, -0.25) is 14.5 Å². The van der Waals surface area contributed by atoms with Gasteiger partial charge in [-0.05, 0) is 43.8 Å². The molecule has 2 amide bonds. The van der Waals surface area contributed by atoms with Crippen molar-refractivity contribution in [1.29, 1.82) is 0 Å². The average molecular weight is 407 g/mol. The van der Waals surface area contributed by atoms with Crippen LogP contribution in [0.3, 0.4) is 0 Å². The van der Waals surface area contributed by atoms with Crippen LogP contribution in [0, 0.1) is 12.8 Å². The van der Waals surface area contributed by atoms with Gasteiger partial charge in [-0.15, -0.1) is 0 Å². The number of benzene rings is 2. The number of aryl methyl sites for hydroxylation is 1. The van der Waals surface area contributed by atoms with E-state index in [1.54, 1.807) is 4.90 Å². The molecule has 0 saturated carbocycles. The lowest BCUT2D eigenvalue weighted by Gasteiger charge is -2.32. The number of nitrogens with zero attached hydrogens (tertiary/aromatic N) is 3. The second kappa shape index (κ2) is 8.98. The first-order valence-electron chi connectivity index (χ1n) is 10.7. The summed E-state index contributed by atoms with van der Waals surface area (Å²) >= 11 is 0. The van der Waals surface area contributed by atoms with Crippen LogP contribution in [0.1, 0.15) is 17.5 Å². The van der Waals surface area contributed by atoms with Crippen molar-refractivity contribution < 1.29 is 9.59 Å². The molecule has 2 aromatic rings. The number of nitrogens with one attached hydrogen (secondary N) is 1. The topological polar surface area (TPSA) is 55.9 Å². The highest BCUT2D eigenvalue weighted by molar-refractivity contribution is 6.03. The molecule has 2 aromatic carbocycles. The number of piperazine rings is 1. The molecule has 2 aliphatic heterocycles. The Bertz CT molecular complexity index is 886. The van der Waals surface area contributed by atoms with Gasteiger partial charge in [-0.25, -0.2) is 0 Å². The van der Waals surface area contributed by atoms with E-state index in [0.29, 0.717) is 6.54 Å². The first-order chi connectivity index (χ1) is 14.5. The van der Waals surface area contributed by atoms with Gasteiger partial charge < -0.3 is 15.1 Å². The van der Waals surface area contributed by atoms with Crippen LogP contribution in [-0.4, -0.2) is 61.4 Å². The van der Waals surface area contributed by atoms with Gasteiger partial charge in [-0.1, -0.05) is 29.8 Å². The molecule has 4 rings (SSSR count). The van der Waals surface area contributed by atoms with E-state index in [1.807, 2.05) is 43.3 Å². The molecule has 6 nitrogen and oxygen atoms in total. The largest absolute Gasteiger partial charge is 0.326 e. The molecule has 1 unspecified atom stereocenters. The molecule has 0 radical (unpaired) electrons. The fourth-order valence-corrected chi connectivity index (χ4v) is 4.06. The molecule has 2 aliphatic rings. The van der Waals surface area contributed by atoms with E-state index >= 15 is 0 Å². The Morgan fingerprint density at radius 2 is 1.67 bits per heavy atom. The van der Waals surface area contributed by atoms with Crippen LogP contribution < -0.4 is 10.2 Å². The number of hydrogen-bond acceptors (Lipinski definition) is 4. The summed E-state index contributed by atoms with van der Waals surface area (Å²) in [4.78, 5) is 31.7. The smallest absolute Gasteiger partial charge is 0.229 e. The Labute approximate surface area is 178 Å². The summed E-state index contributed by atoms with van der Waals surface area (Å²) in [5.41, 5.74) is 4.03. The van der Waals surface area contributed by atoms with Gasteiger partial charge in [0.15, 0.2) is 0 Å². The Morgan fingerprint density at radius 1 is 1.00 bits per heavy atom. The second-order valence-electron chi connectivity index (χ2n) is 8.51. The van der Waals surface area contributed by atoms with Crippen LogP contribution in [-0.2, 0) is 16.1 Å². The SMILES string of the molecule is Cc1ccc(N2CC(C(=O)Nc3ccc(CN4CCN(C)CC4)cc3)CC2=O)cc1. The highest BCUT2D eigenvalue weighted by Crippen LogP contribution is 2.26. The van der Waals surface area contributed by atoms with Crippen molar-refractivity contribution in [2.24, 2.45) is 5.92 Å². The zero-order chi connectivity index (χ0) is 21.1. The number of anilines is 2. The second-order valence-corrected chi connectivity index (χ2v) is 8.51. The van der Waals surface area contributed by atoms with Crippen LogP contribution in [0.25, 0.3) is 0 Å². The number of hydrogen-bond donors (Lipinski definition) is 1. The maximum absolute atomic E-state index is 12.7. The molecular formula is C24H30N4O2. The lowest BCUT2D eigenvalue weighted by Crippen LogP contribution is -2.43. The zero-order valence-electron chi connectivity index (χ0n) is 17.8. The van der Waals surface area contributed by atoms with Crippen molar-refractivity contribution in [3.63, 3.8) is 0 Å². The third kappa shape index (κ3) is 4.89. The van der Waals surface area contributed by atoms with Gasteiger partial charge in [0.1, 0.15) is 0 Å². The van der Waals surface area contributed by atoms with E-state index in [0.717, 1.165) is 49.7 Å². The minimum absolute atomic E-state index is 0.00141. The fraction of sp³-hybridized carbons (Fsp3) is 0.417. The molecule has 0 bridgehead atoms. The molecule has 0 spiro atoms. The van der Waals surface area contributed by atoms with Crippen LogP contribution in [0.2, 0.25) is 0 Å². The number of amides is 2. The van der Waals surface area contributed by atoms with Crippen LogP contribution in [0.15, 0.2) is 48.5 Å². The zero-order valence-corrected chi connectivity index (χ0v) is 17.8. The van der Waals surface area contributed by atoms with Crippen molar-refractivity contribution in [2.75, 3.05) is 50.0 Å². The predicted molar refractivity (Wildman–Crippen MR) is 119 cm³/mol. The van der Waals surface area contributed by atoms with Crippen molar-refractivity contribution >= 4 is 23.2 Å². The number of carbonyl (C=O) groups is 2. The molecule has 0 aliphatic carbocycles. The van der Waals surface area contributed by atoms with Crippen molar-refractivity contribution in [3.05, 3.63) is 59.7 Å². The molecular weight excluding hydrogens is 376 g/mol. The van der Waals surface area contributed by atoms with Gasteiger partial charge in [0.05, 0.1) is 5.92 Å². The van der Waals surface area contributed by atoms with Crippen molar-refractivity contribution in [1.82, 2.24) is 9.80 Å². The third-order valence-corrected chi connectivity index (χ3v) is 6.07. The molecule has 1 N–H and O–H groups in total. The molecule has 2 fully saturated rings. The highest BCUT2D eigenvalue weighted by Gasteiger charge is 2.35. The summed E-state index contributed by atoms with van der Waals surface area (Å²) in [6.07, 6.45) is 0.251. The highest BCUT2D eigenvalue weighted by atomic mass is 16.2. The van der Waals surface area contributed by atoms with E-state index in [4.69, 9.17) is 0 Å². The summed E-state index contributed by atoms with van der Waals surface area (Å²) in [5.74, 6) is -0.421. The Morgan fingerprint density at radius 3 is 2.33 bits per heavy atom. The van der Waals surface area contributed by atoms with E-state index < -0.39 is 0 Å². The number of rotatable bonds is 5. The minimum Gasteiger partial charge on any atom is -0.326 e. The Balaban J connectivity index is 1.31. The standard InChI is InChI=1S/C24H30N4O2/c1-18-3-9-22(10-4-18)28-17-20(15-23(28)29)24(30)25-21-7-5-19(6-8-21)16-27-13-11-26(2)12-14-27/h3-10,20H,11-17H2,1-2H3,(H,25,30). The van der Waals surface area contributed by atoms with Gasteiger partial charge in [0.25, 0.3) is 0 Å². The van der Waals surface area contributed by atoms with Gasteiger partial charge in [0, 0.05) is 57.1 Å². The van der Waals surface area contributed by atoms with Crippen molar-refractivity contribution in [2.45, 2.75) is 19.9 Å². The molecule has 6 heteroatoms. The Hall–Kier alpha value is -2.70. The quantitative estimate of drug-likeness (QED) is 0.830. The van der Waals surface area contributed by atoms with E-state index in [9.17, 15) is 9.59 Å². The average Bonchev–Trinajstić information content (AvgIpc) is 3.13. The lowest BCUT2D eigenvalue weighted by atomic mass is 10.1. The molecule has 2 heterocycles. The summed E-state index contributed by atoms with van der Waals surface area (Å²) in [6, 6.07) is 15.9. The Kier molecular flexibility index (Phi) is 6.16. The summed E-state index contributed by atoms with van der Waals surface area (Å²) in [7, 11) is 2.16. The maximum atomic E-state index is 12.7.